The maximum absolute atomic E-state index is 12.7. The number of methoxy groups -OCH3 is 1. The van der Waals surface area contributed by atoms with Gasteiger partial charge in [0.25, 0.3) is 5.91 Å². The van der Waals surface area contributed by atoms with Crippen molar-refractivity contribution in [3.05, 3.63) is 60.3 Å². The molecule has 2 amide bonds. The maximum Gasteiger partial charge on any atom is 0.268 e. The lowest BCUT2D eigenvalue weighted by molar-refractivity contribution is -0.123. The molecule has 0 saturated heterocycles. The molecule has 3 rings (SSSR count). The van der Waals surface area contributed by atoms with Gasteiger partial charge in [0, 0.05) is 29.7 Å². The van der Waals surface area contributed by atoms with Gasteiger partial charge in [0.2, 0.25) is 5.91 Å². The summed E-state index contributed by atoms with van der Waals surface area (Å²) in [5, 5.41) is 10.0. The number of para-hydroxylation sites is 1. The van der Waals surface area contributed by atoms with E-state index in [2.05, 4.69) is 20.9 Å². The number of aromatic amines is 1. The third-order valence-electron chi connectivity index (χ3n) is 4.95. The van der Waals surface area contributed by atoms with Crippen molar-refractivity contribution in [3.63, 3.8) is 0 Å². The van der Waals surface area contributed by atoms with E-state index in [0.717, 1.165) is 22.3 Å². The molecule has 2 aromatic carbocycles. The van der Waals surface area contributed by atoms with Crippen LogP contribution in [-0.4, -0.2) is 43.0 Å². The van der Waals surface area contributed by atoms with Crippen molar-refractivity contribution in [1.29, 1.82) is 0 Å². The predicted octanol–water partition coefficient (Wildman–Crippen LogP) is 3.55. The van der Waals surface area contributed by atoms with Gasteiger partial charge in [-0.15, -0.1) is 0 Å². The highest BCUT2D eigenvalue weighted by Crippen LogP contribution is 2.16. The summed E-state index contributed by atoms with van der Waals surface area (Å²) >= 11 is 0. The topological polar surface area (TPSA) is 95.2 Å². The number of anilines is 1. The molecule has 1 heterocycles. The second kappa shape index (κ2) is 10.5. The van der Waals surface area contributed by atoms with Crippen LogP contribution in [0.4, 0.5) is 5.69 Å². The Morgan fingerprint density at radius 3 is 2.45 bits per heavy atom. The monoisotopic (exact) mass is 422 g/mol. The number of hydrogen-bond acceptors (Lipinski definition) is 4. The van der Waals surface area contributed by atoms with Gasteiger partial charge in [0.05, 0.1) is 7.11 Å². The molecular formula is C24H30N4O3. The second-order valence-corrected chi connectivity index (χ2v) is 7.87. The van der Waals surface area contributed by atoms with Crippen molar-refractivity contribution in [1.82, 2.24) is 15.6 Å². The number of amides is 2. The van der Waals surface area contributed by atoms with Crippen molar-refractivity contribution in [2.45, 2.75) is 26.3 Å². The van der Waals surface area contributed by atoms with E-state index in [1.165, 1.54) is 0 Å². The number of aromatic nitrogens is 1. The number of H-pyrrole nitrogens is 1. The van der Waals surface area contributed by atoms with Crippen molar-refractivity contribution in [3.8, 4) is 5.75 Å². The van der Waals surface area contributed by atoms with Crippen molar-refractivity contribution < 1.29 is 14.3 Å². The molecule has 0 aliphatic rings. The Morgan fingerprint density at radius 2 is 1.77 bits per heavy atom. The van der Waals surface area contributed by atoms with Crippen LogP contribution in [0.25, 0.3) is 10.9 Å². The third-order valence-corrected chi connectivity index (χ3v) is 4.95. The fraction of sp³-hybridized carbons (Fsp3) is 0.333. The Bertz CT molecular complexity index is 978. The first-order valence-corrected chi connectivity index (χ1v) is 10.5. The fourth-order valence-corrected chi connectivity index (χ4v) is 3.36. The summed E-state index contributed by atoms with van der Waals surface area (Å²) in [7, 11) is 1.63. The van der Waals surface area contributed by atoms with Gasteiger partial charge < -0.3 is 25.7 Å². The van der Waals surface area contributed by atoms with Crippen LogP contribution in [0.1, 0.15) is 30.8 Å². The maximum atomic E-state index is 12.7. The molecule has 1 aromatic heterocycles. The van der Waals surface area contributed by atoms with E-state index >= 15 is 0 Å². The zero-order valence-corrected chi connectivity index (χ0v) is 18.2. The molecule has 31 heavy (non-hydrogen) atoms. The lowest BCUT2D eigenvalue weighted by Gasteiger charge is -2.20. The standard InChI is InChI=1S/C24H30N4O3/c1-16(2)14-21(28-24(30)22-15-17-6-4-5-7-20(17)27-22)23(29)26-13-12-25-18-8-10-19(31-3)11-9-18/h4-11,15-16,21,25,27H,12-14H2,1-3H3,(H,26,29)(H,28,30)/t21-/m0/s1. The molecule has 0 saturated carbocycles. The average molecular weight is 423 g/mol. The number of carbonyl (C=O) groups is 2. The highest BCUT2D eigenvalue weighted by molar-refractivity contribution is 6.00. The van der Waals surface area contributed by atoms with Gasteiger partial charge in [-0.05, 0) is 48.7 Å². The Labute approximate surface area is 182 Å². The van der Waals surface area contributed by atoms with E-state index in [-0.39, 0.29) is 17.7 Å². The lowest BCUT2D eigenvalue weighted by Crippen LogP contribution is -2.48. The number of nitrogens with one attached hydrogen (secondary N) is 4. The van der Waals surface area contributed by atoms with Gasteiger partial charge in [0.15, 0.2) is 0 Å². The van der Waals surface area contributed by atoms with Crippen LogP contribution in [0, 0.1) is 5.92 Å². The summed E-state index contributed by atoms with van der Waals surface area (Å²) < 4.78 is 5.14. The molecule has 4 N–H and O–H groups in total. The molecule has 7 nitrogen and oxygen atoms in total. The first-order chi connectivity index (χ1) is 15.0. The third kappa shape index (κ3) is 6.25. The summed E-state index contributed by atoms with van der Waals surface area (Å²) in [5.41, 5.74) is 2.28. The molecule has 0 radical (unpaired) electrons. The molecule has 0 fully saturated rings. The number of rotatable bonds is 10. The molecule has 0 spiro atoms. The first kappa shape index (κ1) is 22.2. The zero-order valence-electron chi connectivity index (χ0n) is 18.2. The summed E-state index contributed by atoms with van der Waals surface area (Å²) in [4.78, 5) is 28.6. The molecule has 0 unspecified atom stereocenters. The summed E-state index contributed by atoms with van der Waals surface area (Å²) in [6, 6.07) is 16.5. The average Bonchev–Trinajstić information content (AvgIpc) is 3.20. The van der Waals surface area contributed by atoms with Crippen LogP contribution in [-0.2, 0) is 4.79 Å². The predicted molar refractivity (Wildman–Crippen MR) is 124 cm³/mol. The number of hydrogen-bond donors (Lipinski definition) is 4. The SMILES string of the molecule is COc1ccc(NCCNC(=O)[C@H](CC(C)C)NC(=O)c2cc3ccccc3[nH]2)cc1. The van der Waals surface area contributed by atoms with Gasteiger partial charge in [-0.1, -0.05) is 32.0 Å². The molecule has 0 aliphatic heterocycles. The van der Waals surface area contributed by atoms with E-state index in [0.29, 0.717) is 25.2 Å². The van der Waals surface area contributed by atoms with E-state index in [1.807, 2.05) is 62.4 Å². The smallest absolute Gasteiger partial charge is 0.268 e. The number of carbonyl (C=O) groups excluding carboxylic acids is 2. The Kier molecular flexibility index (Phi) is 7.54. The number of fused-ring (bicyclic) bond motifs is 1. The van der Waals surface area contributed by atoms with Gasteiger partial charge in [-0.2, -0.15) is 0 Å². The number of benzene rings is 2. The minimum atomic E-state index is -0.597. The minimum absolute atomic E-state index is 0.185. The highest BCUT2D eigenvalue weighted by Gasteiger charge is 2.23. The first-order valence-electron chi connectivity index (χ1n) is 10.5. The Balaban J connectivity index is 1.53. The molecule has 0 bridgehead atoms. The van der Waals surface area contributed by atoms with Crippen LogP contribution in [0.15, 0.2) is 54.6 Å². The van der Waals surface area contributed by atoms with Crippen molar-refractivity contribution >= 4 is 28.4 Å². The van der Waals surface area contributed by atoms with Crippen molar-refractivity contribution in [2.75, 3.05) is 25.5 Å². The molecule has 7 heteroatoms. The second-order valence-electron chi connectivity index (χ2n) is 7.87. The minimum Gasteiger partial charge on any atom is -0.497 e. The van der Waals surface area contributed by atoms with Gasteiger partial charge in [0.1, 0.15) is 17.5 Å². The summed E-state index contributed by atoms with van der Waals surface area (Å²) in [6.07, 6.45) is 0.559. The summed E-state index contributed by atoms with van der Waals surface area (Å²) in [5.74, 6) is 0.584. The fourth-order valence-electron chi connectivity index (χ4n) is 3.36. The molecule has 164 valence electrons. The molecule has 0 aliphatic carbocycles. The van der Waals surface area contributed by atoms with Crippen LogP contribution < -0.4 is 20.7 Å². The van der Waals surface area contributed by atoms with E-state index < -0.39 is 6.04 Å². The highest BCUT2D eigenvalue weighted by atomic mass is 16.5. The van der Waals surface area contributed by atoms with E-state index in [1.54, 1.807) is 13.2 Å². The largest absolute Gasteiger partial charge is 0.497 e. The van der Waals surface area contributed by atoms with Crippen LogP contribution in [0.5, 0.6) is 5.75 Å². The zero-order chi connectivity index (χ0) is 22.2. The molecule has 3 aromatic rings. The van der Waals surface area contributed by atoms with Crippen LogP contribution in [0.2, 0.25) is 0 Å². The Hall–Kier alpha value is -3.48. The quantitative estimate of drug-likeness (QED) is 0.376. The molecular weight excluding hydrogens is 392 g/mol. The lowest BCUT2D eigenvalue weighted by atomic mass is 10.0. The van der Waals surface area contributed by atoms with Crippen LogP contribution in [0.3, 0.4) is 0 Å². The van der Waals surface area contributed by atoms with E-state index in [9.17, 15) is 9.59 Å². The van der Waals surface area contributed by atoms with E-state index in [4.69, 9.17) is 4.74 Å². The normalized spacial score (nSPS) is 11.9. The van der Waals surface area contributed by atoms with Crippen molar-refractivity contribution in [2.24, 2.45) is 5.92 Å². The molecule has 1 atom stereocenters. The summed E-state index contributed by atoms with van der Waals surface area (Å²) in [6.45, 7) is 5.07. The number of ether oxygens (including phenoxy) is 1. The van der Waals surface area contributed by atoms with Gasteiger partial charge in [-0.3, -0.25) is 9.59 Å². The Morgan fingerprint density at radius 1 is 1.03 bits per heavy atom. The van der Waals surface area contributed by atoms with Gasteiger partial charge in [-0.25, -0.2) is 0 Å². The van der Waals surface area contributed by atoms with Gasteiger partial charge >= 0.3 is 0 Å². The van der Waals surface area contributed by atoms with Crippen LogP contribution >= 0.6 is 0 Å².